The van der Waals surface area contributed by atoms with Crippen molar-refractivity contribution in [2.24, 2.45) is 0 Å². The molecule has 110 heavy (non-hydrogen) atoms. The molecule has 19 heteroatoms. The van der Waals surface area contributed by atoms with Crippen LogP contribution in [0.2, 0.25) is 0 Å². The molecule has 5 atom stereocenters. The second-order valence-corrected chi connectivity index (χ2v) is 29.5. The van der Waals surface area contributed by atoms with Crippen LogP contribution in [-0.4, -0.2) is 96.7 Å². The van der Waals surface area contributed by atoms with E-state index in [-0.39, 0.29) is 25.7 Å². The van der Waals surface area contributed by atoms with Crippen LogP contribution in [0.15, 0.2) is 207 Å². The standard InChI is InChI=1S/C91H144O17P2/c1-5-9-13-17-21-25-29-33-36-39-42-45-48-52-55-59-63-67-71-75-88(93)101-81-86(107-90(95)77-73-69-65-61-57-51-32-28-24-20-16-12-8-4)83-105-109(97,98)103-79-85(92)80-104-110(99,100)106-84-87(108-91(96)78-74-70-66-62-58-54-50-47-44-41-38-35-31-27-23-19-15-11-7-3)82-102-89(94)76-72-68-64-60-56-53-49-46-43-40-37-34-30-26-22-18-14-10-6-2/h9-11,13-16,20-23,25-28,32-38,42-47,53-54,56,58,64,68,85-87,92H,5-8,12,17-19,24,29-31,39-41,48-52,55,57,59-63,65-67,69-84H2,1-4H3,(H,97,98)(H,99,100)/b13-9-,14-10-,15-11-,20-16-,25-21-,26-22-,27-23-,32-28-,36-33-,37-34-,38-35-,45-42-,46-43-,47-44-,56-53-,58-54-,68-64-. The van der Waals surface area contributed by atoms with Crippen LogP contribution in [0.5, 0.6) is 0 Å². The molecule has 0 rings (SSSR count). The SMILES string of the molecule is CC/C=C\C/C=C\C/C=C\C/C=C\C/C=C\C/C=C\CCC(=O)OCC(COP(=O)(O)OCC(O)COP(=O)(O)OCC(COC(=O)CCCCCCCC/C=C\C/C=C\C/C=C\C/C=C\CC)OC(=O)CCCCCCC/C=C\C/C=C\CCC)OC(=O)CCCCC/C=C\C/C=C\C/C=C\C/C=C\C/C=C\CC. The molecule has 0 heterocycles. The maximum atomic E-state index is 13.1. The van der Waals surface area contributed by atoms with E-state index in [1.165, 1.54) is 0 Å². The number of esters is 4. The quantitative estimate of drug-likeness (QED) is 0.0169. The van der Waals surface area contributed by atoms with Crippen LogP contribution in [0, 0.1) is 0 Å². The van der Waals surface area contributed by atoms with Gasteiger partial charge in [0.2, 0.25) is 0 Å². The predicted molar refractivity (Wildman–Crippen MR) is 454 cm³/mol. The van der Waals surface area contributed by atoms with E-state index >= 15 is 0 Å². The van der Waals surface area contributed by atoms with Crippen LogP contribution in [0.4, 0.5) is 0 Å². The third-order valence-electron chi connectivity index (χ3n) is 16.2. The normalized spacial score (nSPS) is 14.9. The number of phosphoric acid groups is 2. The Morgan fingerprint density at radius 2 is 0.491 bits per heavy atom. The number of rotatable bonds is 75. The van der Waals surface area contributed by atoms with Gasteiger partial charge in [0, 0.05) is 25.7 Å². The first kappa shape index (κ1) is 104. The lowest BCUT2D eigenvalue weighted by atomic mass is 10.1. The summed E-state index contributed by atoms with van der Waals surface area (Å²) in [6.45, 7) is 4.29. The van der Waals surface area contributed by atoms with Crippen LogP contribution in [-0.2, 0) is 65.4 Å². The van der Waals surface area contributed by atoms with Crippen LogP contribution in [0.3, 0.4) is 0 Å². The fourth-order valence-corrected chi connectivity index (χ4v) is 11.6. The fraction of sp³-hybridized carbons (Fsp3) is 0.582. The minimum absolute atomic E-state index is 0.0195. The summed E-state index contributed by atoms with van der Waals surface area (Å²) in [4.78, 5) is 73.1. The molecule has 0 fully saturated rings. The molecule has 0 radical (unpaired) electrons. The van der Waals surface area contributed by atoms with E-state index in [1.54, 1.807) is 0 Å². The molecule has 5 unspecified atom stereocenters. The predicted octanol–water partition coefficient (Wildman–Crippen LogP) is 24.7. The number of carbonyl (C=O) groups excluding carboxylic acids is 4. The molecule has 0 aliphatic heterocycles. The molecule has 0 aromatic carbocycles. The van der Waals surface area contributed by atoms with Crippen molar-refractivity contribution in [1.29, 1.82) is 0 Å². The maximum absolute atomic E-state index is 13.1. The zero-order valence-corrected chi connectivity index (χ0v) is 69.6. The minimum atomic E-state index is -5.02. The first-order valence-electron chi connectivity index (χ1n) is 41.3. The van der Waals surface area contributed by atoms with E-state index in [1.807, 2.05) is 18.2 Å². The monoisotopic (exact) mass is 1570 g/mol. The Morgan fingerprint density at radius 1 is 0.264 bits per heavy atom. The van der Waals surface area contributed by atoms with Gasteiger partial charge in [-0.05, 0) is 173 Å². The highest BCUT2D eigenvalue weighted by atomic mass is 31.2. The Hall–Kier alpha value is -6.36. The van der Waals surface area contributed by atoms with E-state index in [2.05, 4.69) is 216 Å². The average Bonchev–Trinajstić information content (AvgIpc) is 0.900. The Balaban J connectivity index is 5.51. The van der Waals surface area contributed by atoms with E-state index in [4.69, 9.17) is 37.0 Å². The Bertz CT molecular complexity index is 2900. The lowest BCUT2D eigenvalue weighted by molar-refractivity contribution is -0.161. The lowest BCUT2D eigenvalue weighted by Gasteiger charge is -2.21. The third kappa shape index (κ3) is 79.7. The van der Waals surface area contributed by atoms with Gasteiger partial charge < -0.3 is 33.8 Å². The number of carbonyl (C=O) groups is 4. The number of aliphatic hydroxyl groups is 1. The first-order chi connectivity index (χ1) is 53.7. The summed E-state index contributed by atoms with van der Waals surface area (Å²) in [6.07, 6.45) is 101. The van der Waals surface area contributed by atoms with Gasteiger partial charge in [-0.2, -0.15) is 0 Å². The molecule has 0 aromatic rings. The van der Waals surface area contributed by atoms with Crippen LogP contribution < -0.4 is 0 Å². The minimum Gasteiger partial charge on any atom is -0.462 e. The molecule has 0 saturated heterocycles. The Labute approximate surface area is 665 Å². The summed E-state index contributed by atoms with van der Waals surface area (Å²) >= 11 is 0. The van der Waals surface area contributed by atoms with Gasteiger partial charge in [-0.3, -0.25) is 37.3 Å². The Morgan fingerprint density at radius 3 is 0.791 bits per heavy atom. The highest BCUT2D eigenvalue weighted by molar-refractivity contribution is 7.47. The number of unbranched alkanes of at least 4 members (excludes halogenated alkanes) is 15. The smallest absolute Gasteiger partial charge is 0.462 e. The van der Waals surface area contributed by atoms with Crippen molar-refractivity contribution in [3.8, 4) is 0 Å². The summed E-state index contributed by atoms with van der Waals surface area (Å²) in [5, 5.41) is 10.7. The molecule has 0 spiro atoms. The molecular formula is C91H144O17P2. The van der Waals surface area contributed by atoms with Crippen LogP contribution in [0.1, 0.15) is 285 Å². The van der Waals surface area contributed by atoms with Crippen molar-refractivity contribution < 1.29 is 80.2 Å². The Kier molecular flexibility index (Phi) is 76.0. The molecule has 3 N–H and O–H groups in total. The van der Waals surface area contributed by atoms with Gasteiger partial charge in [0.1, 0.15) is 19.3 Å². The van der Waals surface area contributed by atoms with Gasteiger partial charge in [-0.15, -0.1) is 0 Å². The summed E-state index contributed by atoms with van der Waals surface area (Å²) in [5.74, 6) is -2.36. The number of ether oxygens (including phenoxy) is 4. The molecular weight excluding hydrogens is 1430 g/mol. The summed E-state index contributed by atoms with van der Waals surface area (Å²) < 4.78 is 68.6. The maximum Gasteiger partial charge on any atom is 0.472 e. The molecule has 0 aliphatic rings. The number of hydrogen-bond donors (Lipinski definition) is 3. The topological polar surface area (TPSA) is 237 Å². The van der Waals surface area contributed by atoms with Crippen molar-refractivity contribution in [3.63, 3.8) is 0 Å². The van der Waals surface area contributed by atoms with Crippen molar-refractivity contribution >= 4 is 39.5 Å². The van der Waals surface area contributed by atoms with E-state index in [9.17, 15) is 43.2 Å². The van der Waals surface area contributed by atoms with Gasteiger partial charge in [0.25, 0.3) is 0 Å². The molecule has 620 valence electrons. The van der Waals surface area contributed by atoms with Gasteiger partial charge in [-0.25, -0.2) is 9.13 Å². The van der Waals surface area contributed by atoms with Gasteiger partial charge >= 0.3 is 39.5 Å². The fourth-order valence-electron chi connectivity index (χ4n) is 10.1. The van der Waals surface area contributed by atoms with Crippen molar-refractivity contribution in [2.75, 3.05) is 39.6 Å². The largest absolute Gasteiger partial charge is 0.472 e. The number of phosphoric ester groups is 2. The summed E-state index contributed by atoms with van der Waals surface area (Å²) in [5.41, 5.74) is 0. The van der Waals surface area contributed by atoms with Crippen molar-refractivity contribution in [1.82, 2.24) is 0 Å². The average molecular weight is 1570 g/mol. The van der Waals surface area contributed by atoms with Crippen LogP contribution >= 0.6 is 15.6 Å². The first-order valence-corrected chi connectivity index (χ1v) is 44.3. The van der Waals surface area contributed by atoms with Crippen LogP contribution in [0.25, 0.3) is 0 Å². The highest BCUT2D eigenvalue weighted by Crippen LogP contribution is 2.45. The van der Waals surface area contributed by atoms with Gasteiger partial charge in [0.15, 0.2) is 12.2 Å². The molecule has 17 nitrogen and oxygen atoms in total. The molecule has 0 aliphatic carbocycles. The van der Waals surface area contributed by atoms with E-state index in [0.717, 1.165) is 199 Å². The van der Waals surface area contributed by atoms with E-state index in [0.29, 0.717) is 32.1 Å². The highest BCUT2D eigenvalue weighted by Gasteiger charge is 2.30. The van der Waals surface area contributed by atoms with Gasteiger partial charge in [0.05, 0.1) is 26.4 Å². The number of aliphatic hydroxyl groups excluding tert-OH is 1. The second-order valence-electron chi connectivity index (χ2n) is 26.6. The molecule has 0 saturated carbocycles. The molecule has 0 aromatic heterocycles. The number of allylic oxidation sites excluding steroid dienone is 34. The second kappa shape index (κ2) is 80.7. The summed E-state index contributed by atoms with van der Waals surface area (Å²) in [6, 6.07) is 0. The zero-order chi connectivity index (χ0) is 80.3. The summed E-state index contributed by atoms with van der Waals surface area (Å²) in [7, 11) is -10.0. The van der Waals surface area contributed by atoms with Crippen molar-refractivity contribution in [3.05, 3.63) is 207 Å². The zero-order valence-electron chi connectivity index (χ0n) is 67.8. The number of hydrogen-bond acceptors (Lipinski definition) is 15. The molecule has 0 bridgehead atoms. The lowest BCUT2D eigenvalue weighted by Crippen LogP contribution is -2.30. The van der Waals surface area contributed by atoms with E-state index < -0.39 is 97.5 Å². The molecule has 0 amide bonds. The third-order valence-corrected chi connectivity index (χ3v) is 18.1. The van der Waals surface area contributed by atoms with Crippen molar-refractivity contribution in [2.45, 2.75) is 303 Å². The van der Waals surface area contributed by atoms with Gasteiger partial charge in [-0.1, -0.05) is 292 Å².